The van der Waals surface area contributed by atoms with Crippen molar-refractivity contribution in [1.29, 1.82) is 0 Å². The fraction of sp³-hybridized carbons (Fsp3) is 0.130. The number of nitrogens with zero attached hydrogens (tertiary/aromatic N) is 3. The van der Waals surface area contributed by atoms with E-state index in [9.17, 15) is 0 Å². The van der Waals surface area contributed by atoms with E-state index in [0.717, 1.165) is 39.5 Å². The van der Waals surface area contributed by atoms with E-state index in [4.69, 9.17) is 9.98 Å². The molecule has 250 valence electrons. The van der Waals surface area contributed by atoms with Gasteiger partial charge in [-0.25, -0.2) is 9.98 Å². The van der Waals surface area contributed by atoms with Crippen LogP contribution in [0.4, 0.5) is 0 Å². The van der Waals surface area contributed by atoms with Gasteiger partial charge in [-0.1, -0.05) is 152 Å². The van der Waals surface area contributed by atoms with E-state index >= 15 is 0 Å². The van der Waals surface area contributed by atoms with Gasteiger partial charge < -0.3 is 10.2 Å². The number of hydrogen-bond donors (Lipinski definition) is 2. The van der Waals surface area contributed by atoms with Gasteiger partial charge in [-0.3, -0.25) is 5.32 Å². The summed E-state index contributed by atoms with van der Waals surface area (Å²) in [5, 5.41) is 7.30. The smallest absolute Gasteiger partial charge is 0.169 e. The first kappa shape index (κ1) is 32.2. The largest absolute Gasteiger partial charge is 0.359 e. The van der Waals surface area contributed by atoms with Crippen molar-refractivity contribution in [3.05, 3.63) is 192 Å². The molecule has 5 heteroatoms. The van der Waals surface area contributed by atoms with E-state index in [1.54, 1.807) is 0 Å². The Morgan fingerprint density at radius 2 is 0.941 bits per heavy atom. The number of hydrogen-bond acceptors (Lipinski definition) is 5. The van der Waals surface area contributed by atoms with Gasteiger partial charge in [0.05, 0.1) is 0 Å². The first-order valence-corrected chi connectivity index (χ1v) is 17.6. The lowest BCUT2D eigenvalue weighted by molar-refractivity contribution is 0.228. The zero-order valence-electron chi connectivity index (χ0n) is 29.2. The van der Waals surface area contributed by atoms with Crippen LogP contribution in [-0.4, -0.2) is 29.7 Å². The lowest BCUT2D eigenvalue weighted by Crippen LogP contribution is -2.43. The Kier molecular flexibility index (Phi) is 8.87. The number of rotatable bonds is 7. The highest BCUT2D eigenvalue weighted by Crippen LogP contribution is 2.31. The van der Waals surface area contributed by atoms with Crippen LogP contribution in [0, 0.1) is 0 Å². The van der Waals surface area contributed by atoms with E-state index in [-0.39, 0.29) is 6.17 Å². The van der Waals surface area contributed by atoms with Gasteiger partial charge in [-0.15, -0.1) is 0 Å². The van der Waals surface area contributed by atoms with Crippen LogP contribution in [-0.2, 0) is 0 Å². The third kappa shape index (κ3) is 6.89. The molecule has 51 heavy (non-hydrogen) atoms. The van der Waals surface area contributed by atoms with Crippen molar-refractivity contribution in [2.45, 2.75) is 32.2 Å². The third-order valence-corrected chi connectivity index (χ3v) is 9.87. The third-order valence-electron chi connectivity index (χ3n) is 9.87. The van der Waals surface area contributed by atoms with Crippen molar-refractivity contribution in [1.82, 2.24) is 15.5 Å². The van der Waals surface area contributed by atoms with E-state index in [1.807, 2.05) is 12.1 Å². The molecule has 0 fully saturated rings. The van der Waals surface area contributed by atoms with Gasteiger partial charge in [0.25, 0.3) is 0 Å². The molecule has 0 bridgehead atoms. The van der Waals surface area contributed by atoms with Crippen molar-refractivity contribution >= 4 is 11.7 Å². The molecule has 2 aliphatic heterocycles. The van der Waals surface area contributed by atoms with Gasteiger partial charge in [0.15, 0.2) is 6.17 Å². The molecule has 6 aromatic carbocycles. The molecule has 2 heterocycles. The molecule has 8 rings (SSSR count). The monoisotopic (exact) mass is 663 g/mol. The summed E-state index contributed by atoms with van der Waals surface area (Å²) < 4.78 is 0. The van der Waals surface area contributed by atoms with E-state index in [1.165, 1.54) is 33.5 Å². The molecular weight excluding hydrogens is 623 g/mol. The van der Waals surface area contributed by atoms with Gasteiger partial charge >= 0.3 is 0 Å². The van der Waals surface area contributed by atoms with Crippen LogP contribution in [0.5, 0.6) is 0 Å². The Morgan fingerprint density at radius 1 is 0.490 bits per heavy atom. The fourth-order valence-corrected chi connectivity index (χ4v) is 6.94. The van der Waals surface area contributed by atoms with Gasteiger partial charge in [0.1, 0.15) is 17.8 Å². The lowest BCUT2D eigenvalue weighted by Gasteiger charge is -2.38. The molecule has 2 N–H and O–H groups in total. The van der Waals surface area contributed by atoms with Crippen molar-refractivity contribution in [2.75, 3.05) is 7.05 Å². The Hall–Kier alpha value is -6.04. The van der Waals surface area contributed by atoms with Crippen LogP contribution in [0.25, 0.3) is 33.4 Å². The molecule has 0 saturated carbocycles. The summed E-state index contributed by atoms with van der Waals surface area (Å²) in [6, 6.07) is 56.0. The average molecular weight is 664 g/mol. The predicted molar refractivity (Wildman–Crippen MR) is 211 cm³/mol. The van der Waals surface area contributed by atoms with Crippen molar-refractivity contribution < 1.29 is 0 Å². The highest BCUT2D eigenvalue weighted by molar-refractivity contribution is 6.16. The maximum absolute atomic E-state index is 5.20. The van der Waals surface area contributed by atoms with Gasteiger partial charge in [-0.05, 0) is 70.5 Å². The molecule has 0 aliphatic carbocycles. The van der Waals surface area contributed by atoms with Crippen LogP contribution in [0.15, 0.2) is 179 Å². The number of amidine groups is 2. The molecule has 0 saturated heterocycles. The summed E-state index contributed by atoms with van der Waals surface area (Å²) in [5.74, 6) is 1.60. The summed E-state index contributed by atoms with van der Waals surface area (Å²) in [6.07, 6.45) is 2.01. The second-order valence-corrected chi connectivity index (χ2v) is 13.4. The summed E-state index contributed by atoms with van der Waals surface area (Å²) in [6.45, 7) is 4.37. The van der Waals surface area contributed by atoms with Crippen molar-refractivity contribution in [3.63, 3.8) is 0 Å². The quantitative estimate of drug-likeness (QED) is 0.179. The summed E-state index contributed by atoms with van der Waals surface area (Å²) in [4.78, 5) is 12.6. The zero-order valence-corrected chi connectivity index (χ0v) is 29.2. The molecular formula is C46H41N5. The molecule has 3 unspecified atom stereocenters. The average Bonchev–Trinajstić information content (AvgIpc) is 3.20. The highest BCUT2D eigenvalue weighted by atomic mass is 15.3. The van der Waals surface area contributed by atoms with Crippen molar-refractivity contribution in [3.8, 4) is 33.4 Å². The predicted octanol–water partition coefficient (Wildman–Crippen LogP) is 10.0. The van der Waals surface area contributed by atoms with E-state index in [0.29, 0.717) is 6.04 Å². The second kappa shape index (κ2) is 14.1. The Morgan fingerprint density at radius 3 is 1.55 bits per heavy atom. The van der Waals surface area contributed by atoms with E-state index in [2.05, 4.69) is 188 Å². The topological polar surface area (TPSA) is 52.0 Å². The van der Waals surface area contributed by atoms with Crippen molar-refractivity contribution in [2.24, 2.45) is 9.98 Å². The molecule has 0 spiro atoms. The molecule has 6 aromatic rings. The number of aliphatic imine (C=N–C) groups is 2. The normalized spacial score (nSPS) is 18.7. The maximum Gasteiger partial charge on any atom is 0.169 e. The minimum Gasteiger partial charge on any atom is -0.359 e. The van der Waals surface area contributed by atoms with Gasteiger partial charge in [0.2, 0.25) is 0 Å². The van der Waals surface area contributed by atoms with Crippen LogP contribution in [0.3, 0.4) is 0 Å². The van der Waals surface area contributed by atoms with E-state index < -0.39 is 6.17 Å². The van der Waals surface area contributed by atoms with Gasteiger partial charge in [0, 0.05) is 29.9 Å². The standard InChI is InChI=1S/C46H41N5/c1-31-29-32(2)51(3)46(47-31)40-27-21-37(22-28-40)41-15-10-16-42(30-41)45-49-43(38-23-17-35(18-24-38)33-11-6-4-7-12-33)48-44(50-45)39-25-19-36(20-26-39)34-13-8-5-9-14-34/h4-31,43,46-47H,1-3H3,(H,48,49,50). The Balaban J connectivity index is 1.11. The van der Waals surface area contributed by atoms with Crippen LogP contribution in [0.1, 0.15) is 48.4 Å². The maximum atomic E-state index is 5.20. The molecule has 3 atom stereocenters. The summed E-state index contributed by atoms with van der Waals surface area (Å²) in [5.41, 5.74) is 12.6. The molecule has 0 aromatic heterocycles. The first-order chi connectivity index (χ1) is 25.0. The second-order valence-electron chi connectivity index (χ2n) is 13.4. The fourth-order valence-electron chi connectivity index (χ4n) is 6.94. The summed E-state index contributed by atoms with van der Waals surface area (Å²) in [7, 11) is 2.14. The van der Waals surface area contributed by atoms with Gasteiger partial charge in [-0.2, -0.15) is 0 Å². The summed E-state index contributed by atoms with van der Waals surface area (Å²) >= 11 is 0. The number of benzene rings is 6. The Bertz CT molecular complexity index is 2220. The van der Waals surface area contributed by atoms with Crippen LogP contribution < -0.4 is 10.6 Å². The SMILES string of the molecule is CC1=CC(C)NC(c2ccc(-c3cccc(C4=NC(c5ccc(-c6ccccc6)cc5)N=C(c5ccc(-c6ccccc6)cc5)N4)c3)cc2)N1C. The zero-order chi connectivity index (χ0) is 34.7. The van der Waals surface area contributed by atoms with Crippen LogP contribution >= 0.6 is 0 Å². The molecule has 0 amide bonds. The van der Waals surface area contributed by atoms with Crippen LogP contribution in [0.2, 0.25) is 0 Å². The highest BCUT2D eigenvalue weighted by Gasteiger charge is 2.24. The minimum atomic E-state index is -0.391. The molecule has 0 radical (unpaired) electrons. The number of allylic oxidation sites excluding steroid dienone is 1. The minimum absolute atomic E-state index is 0.143. The number of nitrogens with one attached hydrogen (secondary N) is 2. The lowest BCUT2D eigenvalue weighted by atomic mass is 9.99. The first-order valence-electron chi connectivity index (χ1n) is 17.6. The molecule has 2 aliphatic rings. The molecule has 5 nitrogen and oxygen atoms in total. The Labute approximate surface area is 300 Å².